The van der Waals surface area contributed by atoms with Gasteiger partial charge in [-0.05, 0) is 29.5 Å². The second-order valence-corrected chi connectivity index (χ2v) is 4.08. The van der Waals surface area contributed by atoms with Crippen LogP contribution >= 0.6 is 23.2 Å². The minimum Gasteiger partial charge on any atom is -0.194 e. The van der Waals surface area contributed by atoms with Crippen LogP contribution < -0.4 is 0 Å². The molecule has 4 nitrogen and oxygen atoms in total. The van der Waals surface area contributed by atoms with E-state index >= 15 is 0 Å². The summed E-state index contributed by atoms with van der Waals surface area (Å²) >= 11 is 12.0. The molecule has 0 aliphatic rings. The van der Waals surface area contributed by atoms with Gasteiger partial charge in [-0.3, -0.25) is 0 Å². The lowest BCUT2D eigenvalue weighted by atomic mass is 10.3. The Bertz CT molecular complexity index is 467. The number of aromatic nitrogens is 4. The number of hydrogen-bond donors (Lipinski definition) is 0. The first-order valence-corrected chi connectivity index (χ1v) is 5.19. The maximum atomic E-state index is 6.03. The Morgan fingerprint density at radius 1 is 1.33 bits per heavy atom. The van der Waals surface area contributed by atoms with E-state index in [9.17, 15) is 0 Å². The van der Waals surface area contributed by atoms with Crippen molar-refractivity contribution in [2.45, 2.75) is 12.3 Å². The van der Waals surface area contributed by atoms with Gasteiger partial charge in [-0.25, -0.2) is 0 Å². The first-order valence-electron chi connectivity index (χ1n) is 4.37. The molecule has 2 rings (SSSR count). The highest BCUT2D eigenvalue weighted by Gasteiger charge is 2.14. The van der Waals surface area contributed by atoms with E-state index in [-0.39, 0.29) is 5.38 Å². The Hall–Kier alpha value is -1.13. The number of halogens is 2. The first-order chi connectivity index (χ1) is 7.20. The molecule has 15 heavy (non-hydrogen) atoms. The van der Waals surface area contributed by atoms with Gasteiger partial charge in [0, 0.05) is 0 Å². The van der Waals surface area contributed by atoms with Gasteiger partial charge in [0.2, 0.25) is 0 Å². The van der Waals surface area contributed by atoms with Crippen molar-refractivity contribution in [3.8, 4) is 5.69 Å². The molecule has 0 saturated heterocycles. The average molecular weight is 243 g/mol. The summed E-state index contributed by atoms with van der Waals surface area (Å²) in [7, 11) is 0. The zero-order chi connectivity index (χ0) is 10.8. The molecule has 0 aliphatic heterocycles. The average Bonchev–Trinajstić information content (AvgIpc) is 2.67. The molecule has 1 aromatic carbocycles. The summed E-state index contributed by atoms with van der Waals surface area (Å²) in [6.07, 6.45) is 0. The maximum absolute atomic E-state index is 6.03. The molecule has 78 valence electrons. The second kappa shape index (κ2) is 4.16. The van der Waals surface area contributed by atoms with Crippen LogP contribution in [0.15, 0.2) is 24.3 Å². The number of tetrazole rings is 1. The number of hydrogen-bond acceptors (Lipinski definition) is 3. The summed E-state index contributed by atoms with van der Waals surface area (Å²) in [5.74, 6) is 0.574. The van der Waals surface area contributed by atoms with E-state index in [0.29, 0.717) is 10.8 Å². The monoisotopic (exact) mass is 242 g/mol. The highest BCUT2D eigenvalue weighted by Crippen LogP contribution is 2.23. The SMILES string of the molecule is CC(Cl)c1nnnn1-c1ccccc1Cl. The van der Waals surface area contributed by atoms with Gasteiger partial charge in [-0.15, -0.1) is 16.7 Å². The zero-order valence-electron chi connectivity index (χ0n) is 7.93. The minimum absolute atomic E-state index is 0.267. The molecule has 1 atom stereocenters. The summed E-state index contributed by atoms with van der Waals surface area (Å²) in [4.78, 5) is 0. The third-order valence-corrected chi connectivity index (χ3v) is 2.44. The summed E-state index contributed by atoms with van der Waals surface area (Å²) in [6, 6.07) is 7.33. The third-order valence-electron chi connectivity index (χ3n) is 1.93. The van der Waals surface area contributed by atoms with Crippen molar-refractivity contribution >= 4 is 23.2 Å². The van der Waals surface area contributed by atoms with Crippen LogP contribution in [0.3, 0.4) is 0 Å². The third kappa shape index (κ3) is 1.96. The molecule has 6 heteroatoms. The maximum Gasteiger partial charge on any atom is 0.174 e. The number of rotatable bonds is 2. The standard InChI is InChI=1S/C9H8Cl2N4/c1-6(10)9-12-13-14-15(9)8-5-3-2-4-7(8)11/h2-6H,1H3. The number of benzene rings is 1. The molecule has 0 bridgehead atoms. The fourth-order valence-electron chi connectivity index (χ4n) is 1.24. The van der Waals surface area contributed by atoms with Gasteiger partial charge >= 0.3 is 0 Å². The van der Waals surface area contributed by atoms with Gasteiger partial charge in [0.15, 0.2) is 5.82 Å². The van der Waals surface area contributed by atoms with Crippen LogP contribution in [0.1, 0.15) is 18.1 Å². The topological polar surface area (TPSA) is 43.6 Å². The van der Waals surface area contributed by atoms with Gasteiger partial charge in [-0.2, -0.15) is 4.68 Å². The van der Waals surface area contributed by atoms with Gasteiger partial charge < -0.3 is 0 Å². The molecule has 2 aromatic rings. The van der Waals surface area contributed by atoms with Crippen molar-refractivity contribution < 1.29 is 0 Å². The summed E-state index contributed by atoms with van der Waals surface area (Å²) in [6.45, 7) is 1.81. The van der Waals surface area contributed by atoms with E-state index in [1.165, 1.54) is 0 Å². The van der Waals surface area contributed by atoms with Crippen molar-refractivity contribution in [2.24, 2.45) is 0 Å². The van der Waals surface area contributed by atoms with Crippen LogP contribution in [-0.2, 0) is 0 Å². The highest BCUT2D eigenvalue weighted by atomic mass is 35.5. The molecule has 0 radical (unpaired) electrons. The van der Waals surface area contributed by atoms with Crippen molar-refractivity contribution in [3.05, 3.63) is 35.1 Å². The van der Waals surface area contributed by atoms with E-state index in [0.717, 1.165) is 5.69 Å². The second-order valence-electron chi connectivity index (χ2n) is 3.02. The fourth-order valence-corrected chi connectivity index (χ4v) is 1.59. The van der Waals surface area contributed by atoms with Gasteiger partial charge in [0.25, 0.3) is 0 Å². The van der Waals surface area contributed by atoms with Crippen LogP contribution in [0.5, 0.6) is 0 Å². The Morgan fingerprint density at radius 3 is 2.73 bits per heavy atom. The normalized spacial score (nSPS) is 12.7. The Kier molecular flexibility index (Phi) is 2.88. The van der Waals surface area contributed by atoms with Gasteiger partial charge in [0.1, 0.15) is 0 Å². The fraction of sp³-hybridized carbons (Fsp3) is 0.222. The molecule has 0 fully saturated rings. The van der Waals surface area contributed by atoms with Crippen LogP contribution in [0.2, 0.25) is 5.02 Å². The highest BCUT2D eigenvalue weighted by molar-refractivity contribution is 6.32. The lowest BCUT2D eigenvalue weighted by Gasteiger charge is -2.06. The molecule has 0 amide bonds. The lowest BCUT2D eigenvalue weighted by Crippen LogP contribution is -2.04. The quantitative estimate of drug-likeness (QED) is 0.761. The lowest BCUT2D eigenvalue weighted by molar-refractivity contribution is 0.761. The van der Waals surface area contributed by atoms with Crippen LogP contribution in [-0.4, -0.2) is 20.2 Å². The smallest absolute Gasteiger partial charge is 0.174 e. The molecule has 0 aliphatic carbocycles. The molecular formula is C9H8Cl2N4. The van der Waals surface area contributed by atoms with E-state index in [2.05, 4.69) is 15.5 Å². The predicted molar refractivity (Wildman–Crippen MR) is 58.4 cm³/mol. The Labute approximate surface area is 96.8 Å². The molecule has 1 heterocycles. The molecule has 0 spiro atoms. The summed E-state index contributed by atoms with van der Waals surface area (Å²) < 4.78 is 1.54. The van der Waals surface area contributed by atoms with Gasteiger partial charge in [0.05, 0.1) is 16.1 Å². The molecule has 0 saturated carbocycles. The predicted octanol–water partition coefficient (Wildman–Crippen LogP) is 2.62. The molecule has 0 N–H and O–H groups in total. The molecule has 1 aromatic heterocycles. The van der Waals surface area contributed by atoms with Crippen LogP contribution in [0.4, 0.5) is 0 Å². The summed E-state index contributed by atoms with van der Waals surface area (Å²) in [5, 5.41) is 11.6. The number of para-hydroxylation sites is 1. The van der Waals surface area contributed by atoms with E-state index < -0.39 is 0 Å². The van der Waals surface area contributed by atoms with Crippen molar-refractivity contribution in [1.29, 1.82) is 0 Å². The molecule has 1 unspecified atom stereocenters. The van der Waals surface area contributed by atoms with E-state index in [4.69, 9.17) is 23.2 Å². The van der Waals surface area contributed by atoms with E-state index in [1.54, 1.807) is 17.7 Å². The first kappa shape index (κ1) is 10.4. The zero-order valence-corrected chi connectivity index (χ0v) is 9.44. The Balaban J connectivity index is 2.55. The van der Waals surface area contributed by atoms with Crippen LogP contribution in [0.25, 0.3) is 5.69 Å². The van der Waals surface area contributed by atoms with Crippen LogP contribution in [0, 0.1) is 0 Å². The minimum atomic E-state index is -0.267. The number of nitrogens with zero attached hydrogens (tertiary/aromatic N) is 4. The van der Waals surface area contributed by atoms with Gasteiger partial charge in [-0.1, -0.05) is 23.7 Å². The van der Waals surface area contributed by atoms with E-state index in [1.807, 2.05) is 18.2 Å². The Morgan fingerprint density at radius 2 is 2.07 bits per heavy atom. The van der Waals surface area contributed by atoms with Crippen molar-refractivity contribution in [2.75, 3.05) is 0 Å². The van der Waals surface area contributed by atoms with Crippen molar-refractivity contribution in [1.82, 2.24) is 20.2 Å². The summed E-state index contributed by atoms with van der Waals surface area (Å²) in [5.41, 5.74) is 0.728. The molecular weight excluding hydrogens is 235 g/mol. The largest absolute Gasteiger partial charge is 0.194 e. The van der Waals surface area contributed by atoms with Crippen molar-refractivity contribution in [3.63, 3.8) is 0 Å². The number of alkyl halides is 1.